The van der Waals surface area contributed by atoms with Crippen molar-refractivity contribution in [3.8, 4) is 0 Å². The summed E-state index contributed by atoms with van der Waals surface area (Å²) in [6.45, 7) is 4.26. The van der Waals surface area contributed by atoms with E-state index in [1.807, 2.05) is 11.7 Å². The van der Waals surface area contributed by atoms with Crippen LogP contribution in [0.3, 0.4) is 0 Å². The van der Waals surface area contributed by atoms with Gasteiger partial charge < -0.3 is 10.6 Å². The van der Waals surface area contributed by atoms with E-state index in [2.05, 4.69) is 22.7 Å². The molecule has 0 spiro atoms. The lowest BCUT2D eigenvalue weighted by Gasteiger charge is -2.04. The van der Waals surface area contributed by atoms with Gasteiger partial charge in [0.05, 0.1) is 5.69 Å². The van der Waals surface area contributed by atoms with Gasteiger partial charge in [-0.05, 0) is 12.8 Å². The van der Waals surface area contributed by atoms with Crippen molar-refractivity contribution in [1.82, 2.24) is 9.78 Å². The van der Waals surface area contributed by atoms with Gasteiger partial charge in [0.25, 0.3) is 0 Å². The van der Waals surface area contributed by atoms with Crippen LogP contribution >= 0.6 is 0 Å². The highest BCUT2D eigenvalue weighted by molar-refractivity contribution is 5.68. The smallest absolute Gasteiger partial charge is 0.147 e. The molecule has 0 fully saturated rings. The summed E-state index contributed by atoms with van der Waals surface area (Å²) in [7, 11) is 2.00. The average Bonchev–Trinajstić information content (AvgIpc) is 2.41. The molecule has 0 saturated carbocycles. The topological polar surface area (TPSA) is 41.9 Å². The normalized spacial score (nSPS) is 15.3. The minimum absolute atomic E-state index is 1.03. The van der Waals surface area contributed by atoms with Crippen LogP contribution in [0.15, 0.2) is 0 Å². The molecule has 78 valence electrons. The minimum Gasteiger partial charge on any atom is -0.380 e. The van der Waals surface area contributed by atoms with Gasteiger partial charge >= 0.3 is 0 Å². The van der Waals surface area contributed by atoms with E-state index in [0.29, 0.717) is 0 Å². The van der Waals surface area contributed by atoms with Gasteiger partial charge in [0.15, 0.2) is 0 Å². The van der Waals surface area contributed by atoms with Crippen molar-refractivity contribution in [2.75, 3.05) is 23.7 Å². The average molecular weight is 194 g/mol. The fourth-order valence-electron chi connectivity index (χ4n) is 1.89. The maximum absolute atomic E-state index is 4.52. The van der Waals surface area contributed by atoms with Gasteiger partial charge in [0, 0.05) is 20.1 Å². The Kier molecular flexibility index (Phi) is 2.61. The number of nitrogens with zero attached hydrogens (tertiary/aromatic N) is 2. The zero-order chi connectivity index (χ0) is 9.97. The molecule has 2 heterocycles. The molecule has 4 heteroatoms. The first-order chi connectivity index (χ1) is 6.83. The Bertz CT molecular complexity index is 316. The lowest BCUT2D eigenvalue weighted by Crippen LogP contribution is -2.06. The zero-order valence-corrected chi connectivity index (χ0v) is 8.93. The van der Waals surface area contributed by atoms with Gasteiger partial charge in [-0.1, -0.05) is 13.3 Å². The van der Waals surface area contributed by atoms with Crippen LogP contribution in [-0.4, -0.2) is 22.9 Å². The summed E-state index contributed by atoms with van der Waals surface area (Å²) in [5.41, 5.74) is 2.41. The maximum atomic E-state index is 4.52. The largest absolute Gasteiger partial charge is 0.380 e. The van der Waals surface area contributed by atoms with E-state index >= 15 is 0 Å². The van der Waals surface area contributed by atoms with Crippen molar-refractivity contribution in [2.45, 2.75) is 26.2 Å². The molecule has 0 aromatic carbocycles. The summed E-state index contributed by atoms with van der Waals surface area (Å²) in [4.78, 5) is 0. The lowest BCUT2D eigenvalue weighted by atomic mass is 10.2. The van der Waals surface area contributed by atoms with Crippen molar-refractivity contribution in [1.29, 1.82) is 0 Å². The van der Waals surface area contributed by atoms with Gasteiger partial charge in [-0.2, -0.15) is 5.10 Å². The molecule has 0 atom stereocenters. The standard InChI is InChI=1S/C10H18N4/c1-3-5-8-9-10(14(2)13-8)12-7-4-6-11-9/h11-12H,3-7H2,1-2H3. The first-order valence-electron chi connectivity index (χ1n) is 5.36. The van der Waals surface area contributed by atoms with Crippen molar-refractivity contribution in [3.05, 3.63) is 5.69 Å². The van der Waals surface area contributed by atoms with Crippen LogP contribution in [0.4, 0.5) is 11.5 Å². The van der Waals surface area contributed by atoms with Gasteiger partial charge in [-0.25, -0.2) is 0 Å². The molecule has 0 aliphatic carbocycles. The summed E-state index contributed by atoms with van der Waals surface area (Å²) in [5.74, 6) is 1.14. The molecule has 0 bridgehead atoms. The number of rotatable bonds is 2. The molecule has 0 amide bonds. The van der Waals surface area contributed by atoms with Crippen LogP contribution in [-0.2, 0) is 13.5 Å². The Morgan fingerprint density at radius 2 is 2.14 bits per heavy atom. The second-order valence-electron chi connectivity index (χ2n) is 3.75. The third-order valence-electron chi connectivity index (χ3n) is 2.55. The SMILES string of the molecule is CCCc1nn(C)c2c1NCCCN2. The molecule has 2 N–H and O–H groups in total. The third kappa shape index (κ3) is 1.56. The number of hydrogen-bond acceptors (Lipinski definition) is 3. The van der Waals surface area contributed by atoms with E-state index in [0.717, 1.165) is 31.7 Å². The zero-order valence-electron chi connectivity index (χ0n) is 8.93. The van der Waals surface area contributed by atoms with Crippen LogP contribution < -0.4 is 10.6 Å². The van der Waals surface area contributed by atoms with E-state index in [1.54, 1.807) is 0 Å². The van der Waals surface area contributed by atoms with E-state index in [1.165, 1.54) is 17.8 Å². The molecule has 2 rings (SSSR count). The number of anilines is 2. The molecular weight excluding hydrogens is 176 g/mol. The molecule has 1 aromatic rings. The second-order valence-corrected chi connectivity index (χ2v) is 3.75. The number of aryl methyl sites for hydroxylation is 2. The Labute approximate surface area is 84.7 Å². The molecule has 1 aliphatic heterocycles. The number of nitrogens with one attached hydrogen (secondary N) is 2. The number of fused-ring (bicyclic) bond motifs is 1. The van der Waals surface area contributed by atoms with Crippen LogP contribution in [0, 0.1) is 0 Å². The molecule has 0 radical (unpaired) electrons. The highest BCUT2D eigenvalue weighted by atomic mass is 15.3. The Morgan fingerprint density at radius 3 is 2.93 bits per heavy atom. The maximum Gasteiger partial charge on any atom is 0.147 e. The molecular formula is C10H18N4. The summed E-state index contributed by atoms with van der Waals surface area (Å²) in [6, 6.07) is 0. The van der Waals surface area contributed by atoms with E-state index in [-0.39, 0.29) is 0 Å². The van der Waals surface area contributed by atoms with Crippen LogP contribution in [0.2, 0.25) is 0 Å². The second kappa shape index (κ2) is 3.90. The third-order valence-corrected chi connectivity index (χ3v) is 2.55. The summed E-state index contributed by atoms with van der Waals surface area (Å²) >= 11 is 0. The summed E-state index contributed by atoms with van der Waals surface area (Å²) in [5, 5.41) is 11.4. The predicted molar refractivity (Wildman–Crippen MR) is 58.8 cm³/mol. The lowest BCUT2D eigenvalue weighted by molar-refractivity contribution is 0.732. The van der Waals surface area contributed by atoms with Gasteiger partial charge in [0.2, 0.25) is 0 Å². The minimum atomic E-state index is 1.03. The van der Waals surface area contributed by atoms with E-state index < -0.39 is 0 Å². The molecule has 1 aromatic heterocycles. The highest BCUT2D eigenvalue weighted by Gasteiger charge is 2.16. The molecule has 0 saturated heterocycles. The van der Waals surface area contributed by atoms with Crippen molar-refractivity contribution < 1.29 is 0 Å². The number of aromatic nitrogens is 2. The van der Waals surface area contributed by atoms with Crippen molar-refractivity contribution in [2.24, 2.45) is 7.05 Å². The molecule has 4 nitrogen and oxygen atoms in total. The van der Waals surface area contributed by atoms with Crippen LogP contribution in [0.1, 0.15) is 25.5 Å². The molecule has 14 heavy (non-hydrogen) atoms. The van der Waals surface area contributed by atoms with E-state index in [9.17, 15) is 0 Å². The Morgan fingerprint density at radius 1 is 1.36 bits per heavy atom. The van der Waals surface area contributed by atoms with Gasteiger partial charge in [-0.3, -0.25) is 4.68 Å². The van der Waals surface area contributed by atoms with Crippen molar-refractivity contribution >= 4 is 11.5 Å². The van der Waals surface area contributed by atoms with Crippen LogP contribution in [0.5, 0.6) is 0 Å². The summed E-state index contributed by atoms with van der Waals surface area (Å²) in [6.07, 6.45) is 3.36. The summed E-state index contributed by atoms with van der Waals surface area (Å²) < 4.78 is 1.94. The van der Waals surface area contributed by atoms with E-state index in [4.69, 9.17) is 0 Å². The van der Waals surface area contributed by atoms with Crippen LogP contribution in [0.25, 0.3) is 0 Å². The molecule has 0 unspecified atom stereocenters. The first-order valence-corrected chi connectivity index (χ1v) is 5.36. The van der Waals surface area contributed by atoms with Gasteiger partial charge in [0.1, 0.15) is 11.5 Å². The van der Waals surface area contributed by atoms with Gasteiger partial charge in [-0.15, -0.1) is 0 Å². The first kappa shape index (κ1) is 9.37. The molecule has 1 aliphatic rings. The highest BCUT2D eigenvalue weighted by Crippen LogP contribution is 2.27. The monoisotopic (exact) mass is 194 g/mol. The van der Waals surface area contributed by atoms with Crippen molar-refractivity contribution in [3.63, 3.8) is 0 Å². The predicted octanol–water partition coefficient (Wildman–Crippen LogP) is 1.60. The fourth-order valence-corrected chi connectivity index (χ4v) is 1.89. The Hall–Kier alpha value is -1.19. The Balaban J connectivity index is 2.34. The fraction of sp³-hybridized carbons (Fsp3) is 0.700. The quantitative estimate of drug-likeness (QED) is 0.751. The number of hydrogen-bond donors (Lipinski definition) is 2.